The molecule has 0 fully saturated rings. The van der Waals surface area contributed by atoms with Crippen molar-refractivity contribution < 1.29 is 14.6 Å². The van der Waals surface area contributed by atoms with Gasteiger partial charge in [0, 0.05) is 0 Å². The highest BCUT2D eigenvalue weighted by atomic mass is 16.5. The molecule has 0 heterocycles. The van der Waals surface area contributed by atoms with Crippen LogP contribution in [0.5, 0.6) is 0 Å². The maximum Gasteiger partial charge on any atom is 0.334 e. The van der Waals surface area contributed by atoms with Gasteiger partial charge in [0.2, 0.25) is 0 Å². The summed E-state index contributed by atoms with van der Waals surface area (Å²) in [5.41, 5.74) is 0. The van der Waals surface area contributed by atoms with Gasteiger partial charge in [0.25, 0.3) is 0 Å². The fourth-order valence-corrected chi connectivity index (χ4v) is 1.73. The van der Waals surface area contributed by atoms with E-state index in [4.69, 9.17) is 0 Å². The summed E-state index contributed by atoms with van der Waals surface area (Å²) in [6.07, 6.45) is 9.35. The molecule has 0 radical (unpaired) electrons. The van der Waals surface area contributed by atoms with E-state index in [9.17, 15) is 9.90 Å². The third-order valence-electron chi connectivity index (χ3n) is 2.80. The first-order valence-electron chi connectivity index (χ1n) is 6.48. The Morgan fingerprint density at radius 1 is 1.06 bits per heavy atom. The number of ether oxygens (including phenoxy) is 1. The topological polar surface area (TPSA) is 46.5 Å². The summed E-state index contributed by atoms with van der Waals surface area (Å²) in [5, 5.41) is 9.32. The first-order valence-corrected chi connectivity index (χ1v) is 6.48. The molecule has 16 heavy (non-hydrogen) atoms. The summed E-state index contributed by atoms with van der Waals surface area (Å²) in [4.78, 5) is 10.9. The summed E-state index contributed by atoms with van der Waals surface area (Å²) in [5.74, 6) is -0.511. The van der Waals surface area contributed by atoms with Crippen LogP contribution in [0.3, 0.4) is 0 Å². The predicted molar refractivity (Wildman–Crippen MR) is 65.2 cm³/mol. The summed E-state index contributed by atoms with van der Waals surface area (Å²) < 4.78 is 4.45. The smallest absolute Gasteiger partial charge is 0.334 e. The molecule has 0 aliphatic carbocycles. The highest BCUT2D eigenvalue weighted by Gasteiger charge is 2.13. The van der Waals surface area contributed by atoms with E-state index in [1.54, 1.807) is 0 Å². The molecule has 0 aliphatic heterocycles. The number of hydrogen-bond donors (Lipinski definition) is 1. The summed E-state index contributed by atoms with van der Waals surface area (Å²) >= 11 is 0. The molecule has 96 valence electrons. The number of hydrogen-bond acceptors (Lipinski definition) is 3. The lowest BCUT2D eigenvalue weighted by Crippen LogP contribution is -2.21. The second-order valence-corrected chi connectivity index (χ2v) is 4.30. The van der Waals surface area contributed by atoms with E-state index in [1.807, 2.05) is 0 Å². The minimum absolute atomic E-state index is 0.511. The van der Waals surface area contributed by atoms with E-state index >= 15 is 0 Å². The Hall–Kier alpha value is -0.570. The van der Waals surface area contributed by atoms with Gasteiger partial charge in [0.15, 0.2) is 6.10 Å². The van der Waals surface area contributed by atoms with Crippen molar-refractivity contribution in [3.8, 4) is 0 Å². The average molecular weight is 230 g/mol. The molecule has 0 aromatic heterocycles. The van der Waals surface area contributed by atoms with Crippen LogP contribution in [0.15, 0.2) is 0 Å². The third kappa shape index (κ3) is 8.72. The Morgan fingerprint density at radius 2 is 1.56 bits per heavy atom. The van der Waals surface area contributed by atoms with Crippen LogP contribution in [0, 0.1) is 0 Å². The van der Waals surface area contributed by atoms with Gasteiger partial charge in [0.1, 0.15) is 0 Å². The maximum absolute atomic E-state index is 10.9. The van der Waals surface area contributed by atoms with Gasteiger partial charge in [-0.3, -0.25) is 0 Å². The number of aliphatic hydroxyl groups is 1. The van der Waals surface area contributed by atoms with Crippen molar-refractivity contribution in [3.63, 3.8) is 0 Å². The van der Waals surface area contributed by atoms with Gasteiger partial charge in [-0.1, -0.05) is 58.3 Å². The lowest BCUT2D eigenvalue weighted by Gasteiger charge is -2.07. The van der Waals surface area contributed by atoms with E-state index in [1.165, 1.54) is 45.6 Å². The maximum atomic E-state index is 10.9. The number of unbranched alkanes of at least 4 members (excludes halogenated alkanes) is 7. The van der Waals surface area contributed by atoms with Crippen LogP contribution < -0.4 is 0 Å². The third-order valence-corrected chi connectivity index (χ3v) is 2.80. The van der Waals surface area contributed by atoms with Crippen molar-refractivity contribution >= 4 is 5.97 Å². The van der Waals surface area contributed by atoms with E-state index < -0.39 is 12.1 Å². The Morgan fingerprint density at radius 3 is 2.06 bits per heavy atom. The zero-order chi connectivity index (χ0) is 12.2. The highest BCUT2D eigenvalue weighted by molar-refractivity contribution is 5.74. The van der Waals surface area contributed by atoms with Crippen molar-refractivity contribution in [2.24, 2.45) is 0 Å². The van der Waals surface area contributed by atoms with Crippen LogP contribution in [0.1, 0.15) is 64.7 Å². The lowest BCUT2D eigenvalue weighted by atomic mass is 10.1. The molecule has 0 spiro atoms. The van der Waals surface area contributed by atoms with Crippen molar-refractivity contribution in [2.45, 2.75) is 70.8 Å². The van der Waals surface area contributed by atoms with E-state index in [-0.39, 0.29) is 0 Å². The lowest BCUT2D eigenvalue weighted by molar-refractivity contribution is -0.150. The summed E-state index contributed by atoms with van der Waals surface area (Å²) in [6.45, 7) is 2.22. The molecule has 0 aromatic carbocycles. The monoisotopic (exact) mass is 230 g/mol. The average Bonchev–Trinajstić information content (AvgIpc) is 2.31. The molecule has 1 N–H and O–H groups in total. The first-order chi connectivity index (χ1) is 7.72. The number of rotatable bonds is 10. The molecule has 0 aliphatic rings. The molecule has 3 nitrogen and oxygen atoms in total. The zero-order valence-electron chi connectivity index (χ0n) is 10.7. The largest absolute Gasteiger partial charge is 0.467 e. The number of carbonyl (C=O) groups is 1. The molecule has 0 unspecified atom stereocenters. The number of esters is 1. The molecule has 0 bridgehead atoms. The summed E-state index contributed by atoms with van der Waals surface area (Å²) in [7, 11) is 1.30. The molecule has 0 aromatic rings. The first kappa shape index (κ1) is 15.4. The standard InChI is InChI=1S/C13H26O3/c1-3-4-5-6-7-8-9-10-11-12(14)13(15)16-2/h12,14H,3-11H2,1-2H3/t12-/m1/s1. The van der Waals surface area contributed by atoms with E-state index in [0.29, 0.717) is 6.42 Å². The van der Waals surface area contributed by atoms with Crippen LogP contribution in [0.4, 0.5) is 0 Å². The Kier molecular flexibility index (Phi) is 10.5. The zero-order valence-corrected chi connectivity index (χ0v) is 10.7. The van der Waals surface area contributed by atoms with Crippen LogP contribution in [0.25, 0.3) is 0 Å². The van der Waals surface area contributed by atoms with Gasteiger partial charge in [-0.15, -0.1) is 0 Å². The van der Waals surface area contributed by atoms with Gasteiger partial charge >= 0.3 is 5.97 Å². The van der Waals surface area contributed by atoms with Crippen LogP contribution >= 0.6 is 0 Å². The van der Waals surface area contributed by atoms with Crippen LogP contribution in [0.2, 0.25) is 0 Å². The normalized spacial score (nSPS) is 12.4. The Bertz CT molecular complexity index is 169. The number of methoxy groups -OCH3 is 1. The fourth-order valence-electron chi connectivity index (χ4n) is 1.73. The highest BCUT2D eigenvalue weighted by Crippen LogP contribution is 2.10. The Balaban J connectivity index is 3.17. The van der Waals surface area contributed by atoms with Crippen molar-refractivity contribution in [3.05, 3.63) is 0 Å². The minimum atomic E-state index is -0.926. The molecular weight excluding hydrogens is 204 g/mol. The van der Waals surface area contributed by atoms with Gasteiger partial charge in [-0.05, 0) is 6.42 Å². The molecule has 0 rings (SSSR count). The molecule has 1 atom stereocenters. The fraction of sp³-hybridized carbons (Fsp3) is 0.923. The van der Waals surface area contributed by atoms with Gasteiger partial charge in [-0.2, -0.15) is 0 Å². The second kappa shape index (κ2) is 10.9. The molecular formula is C13H26O3. The minimum Gasteiger partial charge on any atom is -0.467 e. The van der Waals surface area contributed by atoms with Gasteiger partial charge in [0.05, 0.1) is 7.11 Å². The molecule has 0 amide bonds. The van der Waals surface area contributed by atoms with Gasteiger partial charge < -0.3 is 9.84 Å². The van der Waals surface area contributed by atoms with Crippen molar-refractivity contribution in [1.82, 2.24) is 0 Å². The van der Waals surface area contributed by atoms with E-state index in [2.05, 4.69) is 11.7 Å². The number of aliphatic hydroxyl groups excluding tert-OH is 1. The van der Waals surface area contributed by atoms with E-state index in [0.717, 1.165) is 12.8 Å². The van der Waals surface area contributed by atoms with Crippen LogP contribution in [-0.4, -0.2) is 24.3 Å². The molecule has 0 saturated carbocycles. The Labute approximate surface area is 99.2 Å². The molecule has 3 heteroatoms. The second-order valence-electron chi connectivity index (χ2n) is 4.30. The summed E-state index contributed by atoms with van der Waals surface area (Å²) in [6, 6.07) is 0. The SMILES string of the molecule is CCCCCCCCCC[C@@H](O)C(=O)OC. The van der Waals surface area contributed by atoms with Crippen molar-refractivity contribution in [1.29, 1.82) is 0 Å². The predicted octanol–water partition coefficient (Wildman–Crippen LogP) is 3.05. The van der Waals surface area contributed by atoms with Crippen molar-refractivity contribution in [2.75, 3.05) is 7.11 Å². The number of carbonyl (C=O) groups excluding carboxylic acids is 1. The molecule has 0 saturated heterocycles. The van der Waals surface area contributed by atoms with Crippen LogP contribution in [-0.2, 0) is 9.53 Å². The van der Waals surface area contributed by atoms with Gasteiger partial charge in [-0.25, -0.2) is 4.79 Å². The quantitative estimate of drug-likeness (QED) is 0.463.